The van der Waals surface area contributed by atoms with E-state index in [0.29, 0.717) is 40.8 Å². The number of carbonyl (C=O) groups excluding carboxylic acids is 5. The first-order chi connectivity index (χ1) is 51.5. The van der Waals surface area contributed by atoms with Gasteiger partial charge in [-0.25, -0.2) is 14.4 Å². The Kier molecular flexibility index (Phi) is 34.8. The monoisotopic (exact) mass is 1600 g/mol. The number of carboxylic acid groups (broad SMARTS) is 1. The molecule has 0 saturated heterocycles. The van der Waals surface area contributed by atoms with Crippen LogP contribution in [0.5, 0.6) is 0 Å². The maximum atomic E-state index is 13.2. The van der Waals surface area contributed by atoms with Gasteiger partial charge in [0.15, 0.2) is 18.3 Å². The van der Waals surface area contributed by atoms with Crippen molar-refractivity contribution < 1.29 is 67.6 Å². The number of carbonyl (C=O) groups is 6. The van der Waals surface area contributed by atoms with Crippen LogP contribution in [0.4, 0.5) is 0 Å². The Morgan fingerprint density at radius 3 is 1.11 bits per heavy atom. The molecule has 6 aromatic rings. The van der Waals surface area contributed by atoms with E-state index in [1.54, 1.807) is 55.0 Å². The van der Waals surface area contributed by atoms with Crippen LogP contribution in [0, 0.1) is 42.9 Å². The van der Waals surface area contributed by atoms with Crippen molar-refractivity contribution in [3.05, 3.63) is 160 Å². The number of nitrogens with one attached hydrogen (secondary N) is 3. The molecular weight excluding hydrogens is 1480 g/mol. The van der Waals surface area contributed by atoms with E-state index < -0.39 is 48.2 Å². The number of esters is 2. The summed E-state index contributed by atoms with van der Waals surface area (Å²) in [6.45, 7) is 47.8. The Hall–Kier alpha value is -7.05. The number of allylic oxidation sites excluding steroid dienone is 6. The first-order valence-electron chi connectivity index (χ1n) is 38.6. The van der Waals surface area contributed by atoms with Gasteiger partial charge < -0.3 is 54.8 Å². The molecular formula is C89H125BClN3O14S3. The van der Waals surface area contributed by atoms with Crippen LogP contribution in [0.15, 0.2) is 91.0 Å². The van der Waals surface area contributed by atoms with E-state index in [2.05, 4.69) is 96.5 Å². The summed E-state index contributed by atoms with van der Waals surface area (Å²) in [6.07, 6.45) is 13.1. The Balaban J connectivity index is 0.000000271. The number of aryl methyl sites for hydroxylation is 3. The van der Waals surface area contributed by atoms with Gasteiger partial charge in [-0.2, -0.15) is 0 Å². The molecule has 3 aliphatic rings. The molecule has 0 fully saturated rings. The van der Waals surface area contributed by atoms with Crippen molar-refractivity contribution in [2.24, 2.45) is 22.2 Å². The van der Waals surface area contributed by atoms with Crippen molar-refractivity contribution in [3.8, 4) is 20.9 Å². The highest BCUT2D eigenvalue weighted by Gasteiger charge is 2.40. The molecule has 3 aromatic heterocycles. The average Bonchev–Trinajstić information content (AvgIpc) is 1.64. The van der Waals surface area contributed by atoms with Crippen LogP contribution in [0.25, 0.3) is 37.6 Å². The molecule has 0 saturated carbocycles. The average molecular weight is 1600 g/mol. The number of hydrogen-bond acceptors (Lipinski definition) is 16. The zero-order valence-corrected chi connectivity index (χ0v) is 74.0. The summed E-state index contributed by atoms with van der Waals surface area (Å²) in [5, 5.41) is 35.6. The molecule has 0 radical (unpaired) electrons. The van der Waals surface area contributed by atoms with Gasteiger partial charge in [0.1, 0.15) is 4.34 Å². The van der Waals surface area contributed by atoms with Gasteiger partial charge in [0.25, 0.3) is 17.7 Å². The van der Waals surface area contributed by atoms with Crippen LogP contribution in [0.1, 0.15) is 294 Å². The van der Waals surface area contributed by atoms with Crippen LogP contribution in [-0.4, -0.2) is 109 Å². The highest BCUT2D eigenvalue weighted by atomic mass is 35.5. The van der Waals surface area contributed by atoms with E-state index in [1.807, 2.05) is 139 Å². The molecule has 6 N–H and O–H groups in total. The van der Waals surface area contributed by atoms with E-state index in [4.69, 9.17) is 45.3 Å². The lowest BCUT2D eigenvalue weighted by molar-refractivity contribution is -0.167. The molecule has 3 unspecified atom stereocenters. The second kappa shape index (κ2) is 40.8. The van der Waals surface area contributed by atoms with Gasteiger partial charge in [-0.1, -0.05) is 129 Å². The van der Waals surface area contributed by atoms with Crippen molar-refractivity contribution in [2.45, 2.75) is 252 Å². The van der Waals surface area contributed by atoms with Crippen LogP contribution in [0.2, 0.25) is 4.34 Å². The number of aliphatic carboxylic acids is 1. The fraction of sp³-hybridized carbons (Fsp3) is 0.528. The smallest absolute Gasteiger partial charge is 0.479 e. The molecule has 0 spiro atoms. The fourth-order valence-electron chi connectivity index (χ4n) is 12.9. The first kappa shape index (κ1) is 94.5. The van der Waals surface area contributed by atoms with E-state index in [-0.39, 0.29) is 40.5 Å². The third-order valence-electron chi connectivity index (χ3n) is 18.6. The second-order valence-corrected chi connectivity index (χ2v) is 38.6. The third-order valence-corrected chi connectivity index (χ3v) is 22.2. The summed E-state index contributed by atoms with van der Waals surface area (Å²) < 4.78 is 30.1. The summed E-state index contributed by atoms with van der Waals surface area (Å²) in [7, 11) is 3.23. The molecule has 17 nitrogen and oxygen atoms in total. The number of thiophene rings is 3. The van der Waals surface area contributed by atoms with Crippen LogP contribution >= 0.6 is 45.6 Å². The molecule has 0 aliphatic heterocycles. The minimum Gasteiger partial charge on any atom is -0.479 e. The summed E-state index contributed by atoms with van der Waals surface area (Å²) in [4.78, 5) is 79.1. The lowest BCUT2D eigenvalue weighted by Crippen LogP contribution is -2.31. The summed E-state index contributed by atoms with van der Waals surface area (Å²) in [5.41, 5.74) is 12.0. The van der Waals surface area contributed by atoms with Gasteiger partial charge in [0.05, 0.1) is 30.0 Å². The Labute approximate surface area is 679 Å². The van der Waals surface area contributed by atoms with Crippen molar-refractivity contribution >= 4 is 111 Å². The van der Waals surface area contributed by atoms with Crippen LogP contribution in [-0.2, 0) is 38.1 Å². The topological polar surface area (TPSA) is 245 Å². The molecule has 22 heteroatoms. The zero-order valence-electron chi connectivity index (χ0n) is 70.8. The minimum absolute atomic E-state index is 0.124. The van der Waals surface area contributed by atoms with Gasteiger partial charge in [0, 0.05) is 95.6 Å². The van der Waals surface area contributed by atoms with Gasteiger partial charge in [-0.15, -0.1) is 34.0 Å². The number of benzene rings is 3. The van der Waals surface area contributed by atoms with Crippen LogP contribution in [0.3, 0.4) is 0 Å². The van der Waals surface area contributed by atoms with Crippen molar-refractivity contribution in [2.75, 3.05) is 34.4 Å². The number of ether oxygens (including phenoxy) is 5. The molecule has 608 valence electrons. The van der Waals surface area contributed by atoms with Crippen molar-refractivity contribution in [1.29, 1.82) is 0 Å². The highest BCUT2D eigenvalue weighted by Crippen LogP contribution is 2.52. The largest absolute Gasteiger partial charge is 0.488 e. The number of halogens is 1. The maximum absolute atomic E-state index is 13.2. The molecule has 3 aliphatic carbocycles. The van der Waals surface area contributed by atoms with Gasteiger partial charge in [0.2, 0.25) is 0 Å². The predicted molar refractivity (Wildman–Crippen MR) is 458 cm³/mol. The highest BCUT2D eigenvalue weighted by molar-refractivity contribution is 7.17. The van der Waals surface area contributed by atoms with E-state index in [0.717, 1.165) is 143 Å². The standard InChI is InChI=1S/C29H39NO4S.C27H35NO4S.C21H31ClO3S.C8H10BNO3.C4H10/c1-9-33-27(32)24(34-28(3,4)5)22-18(2)35-25(20-11-10-12-21(17-20)26(31)30-8)23(22)19-13-15-29(6,7)16-14-19;1-16-20(22(25(30)31)32-26(2,3)4)21(17-11-13-27(5,6)14-12-17)23(33-16)18-9-8-10-19(15-18)24(29)28-7;1-8-24-19(23)17(25-20(3,4)5)15-13(2)26-18(22)16(15)14-9-11-21(6,7)12-10-14;1-10-8(11)6-3-2-4-7(5-6)9(12)13;1-4(2)3/h10-13,17,24H,9,14-16H2,1-8H3,(H,30,31);8-11,15,22H,12-14H2,1-7H3,(H,28,29)(H,30,31);9,17H,8,10-12H2,1-7H3;2-5,12-13H,1H3,(H,10,11);4H,1-3H3. The normalized spacial score (nSPS) is 15.9. The number of carboxylic acids is 1. The van der Waals surface area contributed by atoms with E-state index in [9.17, 15) is 33.9 Å². The molecule has 0 bridgehead atoms. The Bertz CT molecular complexity index is 4300. The lowest BCUT2D eigenvalue weighted by Gasteiger charge is -2.31. The molecule has 3 atom stereocenters. The quantitative estimate of drug-likeness (QED) is 0.0308. The molecule has 9 rings (SSSR count). The second-order valence-electron chi connectivity index (χ2n) is 34.4. The fourth-order valence-corrected chi connectivity index (χ4v) is 16.8. The number of rotatable bonds is 20. The Morgan fingerprint density at radius 2 is 0.802 bits per heavy atom. The third kappa shape index (κ3) is 27.9. The summed E-state index contributed by atoms with van der Waals surface area (Å²) in [6, 6.07) is 21.4. The van der Waals surface area contributed by atoms with Gasteiger partial charge >= 0.3 is 25.0 Å². The molecule has 3 amide bonds. The molecule has 3 aromatic carbocycles. The van der Waals surface area contributed by atoms with E-state index in [1.165, 1.54) is 41.7 Å². The SMILES string of the molecule is CC(C)C.CCOC(=O)C(OC(C)(C)C)c1c(C)sc(-c2cccc(C(=O)NC)c2)c1C1=CCC(C)(C)CC1.CCOC(=O)C(OC(C)(C)C)c1c(C)sc(Cl)c1C1=CCC(C)(C)CC1.CNC(=O)c1cccc(-c2sc(C)c(C(OC(C)(C)C)C(=O)O)c2C2=CCC(C)(C)CC2)c1.CNC(=O)c1cccc(B(O)O)c1. The minimum atomic E-state index is -1.54. The summed E-state index contributed by atoms with van der Waals surface area (Å²) >= 11 is 11.4. The van der Waals surface area contributed by atoms with Gasteiger partial charge in [-0.05, 0) is 247 Å². The van der Waals surface area contributed by atoms with Crippen molar-refractivity contribution in [3.63, 3.8) is 0 Å². The van der Waals surface area contributed by atoms with Crippen molar-refractivity contribution in [1.82, 2.24) is 16.0 Å². The number of amides is 3. The van der Waals surface area contributed by atoms with E-state index >= 15 is 0 Å². The first-order valence-corrected chi connectivity index (χ1v) is 41.4. The molecule has 3 heterocycles. The van der Waals surface area contributed by atoms with Gasteiger partial charge in [-0.3, -0.25) is 14.4 Å². The maximum Gasteiger partial charge on any atom is 0.488 e. The predicted octanol–water partition coefficient (Wildman–Crippen LogP) is 20.8. The lowest BCUT2D eigenvalue weighted by atomic mass is 9.76. The zero-order chi connectivity index (χ0) is 83.6. The Morgan fingerprint density at radius 1 is 0.495 bits per heavy atom. The van der Waals surface area contributed by atoms with Crippen LogP contribution < -0.4 is 21.4 Å². The number of hydrogen-bond donors (Lipinski definition) is 6. The summed E-state index contributed by atoms with van der Waals surface area (Å²) in [5.74, 6) is -1.40. The molecule has 111 heavy (non-hydrogen) atoms.